The number of nitrogens with zero attached hydrogens (tertiary/aromatic N) is 2. The molecule has 2 aromatic heterocycles. The van der Waals surface area contributed by atoms with Crippen LogP contribution in [-0.4, -0.2) is 94.8 Å². The number of amides is 1. The number of imidazole rings is 1. The summed E-state index contributed by atoms with van der Waals surface area (Å²) in [6, 6.07) is 3.57. The van der Waals surface area contributed by atoms with Crippen LogP contribution in [0, 0.1) is 37.5 Å². The second kappa shape index (κ2) is 16.9. The molecular weight excluding hydrogens is 746 g/mol. The van der Waals surface area contributed by atoms with Gasteiger partial charge >= 0.3 is 5.97 Å². The Labute approximate surface area is 337 Å². The molecule has 2 aromatic carbocycles. The molecule has 58 heavy (non-hydrogen) atoms. The highest BCUT2D eigenvalue weighted by molar-refractivity contribution is 6.27. The number of ether oxygens (including phenoxy) is 2. The number of rotatable bonds is 6. The smallest absolute Gasteiger partial charge is 0.302 e. The number of fused-ring (bicyclic) bond motifs is 13. The first-order chi connectivity index (χ1) is 27.2. The summed E-state index contributed by atoms with van der Waals surface area (Å²) in [5, 5.41) is 71.8. The monoisotopic (exact) mass is 801 g/mol. The first-order valence-electron chi connectivity index (χ1n) is 19.3. The zero-order valence-electron chi connectivity index (χ0n) is 34.6. The van der Waals surface area contributed by atoms with Crippen LogP contribution < -0.4 is 5.32 Å². The minimum absolute atomic E-state index is 0.0186. The predicted octanol–water partition coefficient (Wildman–Crippen LogP) is 5.88. The summed E-state index contributed by atoms with van der Waals surface area (Å²) in [4.78, 5) is 46.4. The zero-order valence-corrected chi connectivity index (χ0v) is 34.6. The fourth-order valence-corrected chi connectivity index (χ4v) is 8.15. The number of anilines is 1. The number of pyridine rings is 1. The Bertz CT molecular complexity index is 2350. The van der Waals surface area contributed by atoms with Gasteiger partial charge in [0.1, 0.15) is 39.8 Å². The van der Waals surface area contributed by atoms with Gasteiger partial charge in [-0.15, -0.1) is 0 Å². The van der Waals surface area contributed by atoms with Gasteiger partial charge in [0, 0.05) is 60.4 Å². The Balaban J connectivity index is 2.03. The Hall–Kier alpha value is -5.28. The number of nitrogens with one attached hydrogen (secondary N) is 1. The lowest BCUT2D eigenvalue weighted by molar-refractivity contribution is -0.161. The van der Waals surface area contributed by atoms with E-state index in [0.29, 0.717) is 5.65 Å². The van der Waals surface area contributed by atoms with E-state index >= 15 is 0 Å². The maximum atomic E-state index is 14.8. The van der Waals surface area contributed by atoms with Gasteiger partial charge in [-0.25, -0.2) is 4.98 Å². The van der Waals surface area contributed by atoms with Crippen molar-refractivity contribution in [1.29, 1.82) is 0 Å². The number of phenols is 2. The molecule has 0 fully saturated rings. The lowest BCUT2D eigenvalue weighted by Crippen LogP contribution is -2.48. The molecule has 14 nitrogen and oxygen atoms in total. The van der Waals surface area contributed by atoms with E-state index < -0.39 is 82.8 Å². The molecule has 8 atom stereocenters. The van der Waals surface area contributed by atoms with E-state index in [1.807, 2.05) is 6.92 Å². The normalized spacial score (nSPS) is 26.0. The minimum Gasteiger partial charge on any atom is -0.516 e. The van der Waals surface area contributed by atoms with Crippen LogP contribution in [-0.2, 0) is 25.5 Å². The van der Waals surface area contributed by atoms with E-state index in [-0.39, 0.29) is 56.2 Å². The minimum atomic E-state index is -2.03. The van der Waals surface area contributed by atoms with E-state index in [0.717, 1.165) is 11.8 Å². The van der Waals surface area contributed by atoms with E-state index in [1.54, 1.807) is 62.6 Å². The molecule has 7 N–H and O–H groups in total. The summed E-state index contributed by atoms with van der Waals surface area (Å²) in [6.07, 6.45) is 3.74. The molecule has 4 aromatic rings. The number of benzene rings is 2. The second-order valence-corrected chi connectivity index (χ2v) is 16.2. The molecular formula is C44H55N3O11. The molecule has 1 amide bonds. The molecule has 2 aliphatic rings. The van der Waals surface area contributed by atoms with Crippen LogP contribution in [0.3, 0.4) is 0 Å². The summed E-state index contributed by atoms with van der Waals surface area (Å²) >= 11 is 0. The molecule has 2 aliphatic heterocycles. The molecule has 0 radical (unpaired) electrons. The van der Waals surface area contributed by atoms with Crippen LogP contribution >= 0.6 is 0 Å². The van der Waals surface area contributed by atoms with Gasteiger partial charge in [-0.1, -0.05) is 39.0 Å². The van der Waals surface area contributed by atoms with Gasteiger partial charge in [0.25, 0.3) is 5.91 Å². The third-order valence-electron chi connectivity index (χ3n) is 11.5. The third kappa shape index (κ3) is 8.06. The molecule has 0 saturated heterocycles. The lowest BCUT2D eigenvalue weighted by atomic mass is 9.74. The van der Waals surface area contributed by atoms with Crippen LogP contribution in [0.1, 0.15) is 75.5 Å². The number of esters is 1. The lowest BCUT2D eigenvalue weighted by Gasteiger charge is -2.39. The third-order valence-corrected chi connectivity index (χ3v) is 11.5. The summed E-state index contributed by atoms with van der Waals surface area (Å²) in [7, 11) is 1.37. The fraction of sp³-hybridized carbons (Fsp3) is 0.455. The number of hydrogen-bond acceptors (Lipinski definition) is 12. The van der Waals surface area contributed by atoms with Gasteiger partial charge in [-0.05, 0) is 75.9 Å². The molecule has 0 unspecified atom stereocenters. The molecule has 0 aliphatic carbocycles. The summed E-state index contributed by atoms with van der Waals surface area (Å²) in [6.45, 7) is 13.8. The van der Waals surface area contributed by atoms with Crippen molar-refractivity contribution in [3.05, 3.63) is 76.7 Å². The first-order valence-corrected chi connectivity index (χ1v) is 19.3. The number of phenolic OH excluding ortho intramolecular Hbond substituents is 2. The summed E-state index contributed by atoms with van der Waals surface area (Å²) in [5.41, 5.74) is -0.223. The highest BCUT2D eigenvalue weighted by atomic mass is 16.5. The van der Waals surface area contributed by atoms with Gasteiger partial charge in [0.2, 0.25) is 0 Å². The molecule has 4 bridgehead atoms. The average molecular weight is 802 g/mol. The number of aromatic hydroxyl groups is 2. The second-order valence-electron chi connectivity index (χ2n) is 16.2. The van der Waals surface area contributed by atoms with Crippen LogP contribution in [0.15, 0.2) is 54.5 Å². The fourth-order valence-electron chi connectivity index (χ4n) is 8.15. The number of aliphatic hydroxyl groups excluding tert-OH is 3. The number of aliphatic hydroxyl groups is 4. The highest BCUT2D eigenvalue weighted by Gasteiger charge is 2.43. The van der Waals surface area contributed by atoms with Gasteiger partial charge in [0.15, 0.2) is 11.5 Å². The number of aromatic nitrogens is 2. The van der Waals surface area contributed by atoms with Gasteiger partial charge in [-0.3, -0.25) is 18.8 Å². The topological polar surface area (TPSA) is 220 Å². The van der Waals surface area contributed by atoms with E-state index in [1.165, 1.54) is 47.0 Å². The molecule has 312 valence electrons. The van der Waals surface area contributed by atoms with E-state index in [2.05, 4.69) is 5.32 Å². The van der Waals surface area contributed by atoms with Crippen molar-refractivity contribution in [2.75, 3.05) is 12.4 Å². The SMILES string of the molecule is CO[C@@H](/C=C/O)[C@@H]1Cc2c(C)c(O)c3c(O)c(c4c(nc5cc(C)ccn54)c3c2C(=O)C(C)(C)O)NC(=O)/C(C)=C\C=C\[C@H](C)[C@H](O)[C@@H](C)[C@@H](O)[C@@H](C)[C@@H]1OC(C)=O. The van der Waals surface area contributed by atoms with Crippen molar-refractivity contribution in [2.45, 2.75) is 98.8 Å². The molecule has 4 heterocycles. The van der Waals surface area contributed by atoms with Crippen molar-refractivity contribution >= 4 is 50.8 Å². The number of ketones is 1. The summed E-state index contributed by atoms with van der Waals surface area (Å²) < 4.78 is 13.5. The van der Waals surface area contributed by atoms with Crippen molar-refractivity contribution < 1.29 is 54.5 Å². The molecule has 6 rings (SSSR count). The largest absolute Gasteiger partial charge is 0.516 e. The van der Waals surface area contributed by atoms with Crippen molar-refractivity contribution in [2.24, 2.45) is 23.7 Å². The predicted molar refractivity (Wildman–Crippen MR) is 220 cm³/mol. The maximum Gasteiger partial charge on any atom is 0.302 e. The highest BCUT2D eigenvalue weighted by Crippen LogP contribution is 2.50. The first kappa shape index (κ1) is 43.8. The molecule has 0 saturated carbocycles. The Morgan fingerprint density at radius 2 is 1.72 bits per heavy atom. The number of Topliss-reactive ketones (excluding diaryl/α,β-unsaturated/α-hetero) is 1. The van der Waals surface area contributed by atoms with E-state index in [9.17, 15) is 45.0 Å². The maximum absolute atomic E-state index is 14.8. The standard InChI is InChI=1S/C44H55N3O11/c1-20-14-16-47-30(18-20)45-34-32-31(42(54)44(8,9)56)27-19-28(29(57-10)15-17-48)41(58-26(7)49)25(6)38(51)24(5)37(50)21(2)12-11-13-22(3)43(55)46-35(36(34)47)40(53)33(32)39(52)23(27)4/h11-18,21,24-25,28-29,37-38,41,48,50-53,56H,19H2,1-10H3,(H,46,55)/b12-11+,17-15+,22-13-/t21-,24+,25+,28-,29-,37-,38+,41-/m0/s1. The molecule has 14 heteroatoms. The number of allylic oxidation sites excluding steroid dienone is 2. The zero-order chi connectivity index (χ0) is 43.1. The van der Waals surface area contributed by atoms with Gasteiger partial charge in [0.05, 0.1) is 30.0 Å². The Morgan fingerprint density at radius 3 is 2.33 bits per heavy atom. The van der Waals surface area contributed by atoms with Crippen molar-refractivity contribution in [3.63, 3.8) is 0 Å². The Kier molecular flexibility index (Phi) is 12.8. The quantitative estimate of drug-likeness (QED) is 0.0526. The number of methoxy groups -OCH3 is 1. The van der Waals surface area contributed by atoms with E-state index in [4.69, 9.17) is 14.5 Å². The van der Waals surface area contributed by atoms with Gasteiger partial charge < -0.3 is 45.4 Å². The number of carbonyl (C=O) groups is 3. The van der Waals surface area contributed by atoms with Crippen LogP contribution in [0.25, 0.3) is 27.5 Å². The van der Waals surface area contributed by atoms with Gasteiger partial charge in [-0.2, -0.15) is 0 Å². The number of carbonyl (C=O) groups excluding carboxylic acids is 3. The van der Waals surface area contributed by atoms with Crippen molar-refractivity contribution in [1.82, 2.24) is 9.38 Å². The number of aryl methyl sites for hydroxylation is 1. The van der Waals surface area contributed by atoms with Crippen molar-refractivity contribution in [3.8, 4) is 11.5 Å². The Morgan fingerprint density at radius 1 is 1.05 bits per heavy atom. The molecule has 0 spiro atoms. The van der Waals surface area contributed by atoms with Crippen LogP contribution in [0.4, 0.5) is 5.69 Å². The summed E-state index contributed by atoms with van der Waals surface area (Å²) in [5.74, 6) is -6.35. The van der Waals surface area contributed by atoms with Crippen LogP contribution in [0.2, 0.25) is 0 Å². The number of hydrogen-bond donors (Lipinski definition) is 7. The average Bonchev–Trinajstić information content (AvgIpc) is 3.54. The van der Waals surface area contributed by atoms with Crippen LogP contribution in [0.5, 0.6) is 11.5 Å².